The van der Waals surface area contributed by atoms with Gasteiger partial charge in [-0.25, -0.2) is 0 Å². The lowest BCUT2D eigenvalue weighted by molar-refractivity contribution is -0.119. The second-order valence-electron chi connectivity index (χ2n) is 5.94. The molecule has 2 N–H and O–H groups in total. The highest BCUT2D eigenvalue weighted by Crippen LogP contribution is 2.27. The number of aryl methyl sites for hydroxylation is 1. The van der Waals surface area contributed by atoms with Crippen molar-refractivity contribution < 1.29 is 9.59 Å². The number of nitrogens with one attached hydrogen (secondary N) is 2. The van der Waals surface area contributed by atoms with E-state index in [-0.39, 0.29) is 23.6 Å². The molecular formula is C19H21BrN2O2S. The Morgan fingerprint density at radius 2 is 1.88 bits per heavy atom. The maximum Gasteiger partial charge on any atom is 0.256 e. The molecule has 2 amide bonds. The quantitative estimate of drug-likeness (QED) is 0.669. The SMILES string of the molecule is Cc1ccc(NC(=O)c2ccccc2SCC(=O)NC(C)C)c(Br)c1. The van der Waals surface area contributed by atoms with Crippen LogP contribution >= 0.6 is 27.7 Å². The molecule has 25 heavy (non-hydrogen) atoms. The zero-order valence-electron chi connectivity index (χ0n) is 14.4. The van der Waals surface area contributed by atoms with Gasteiger partial charge in [-0.3, -0.25) is 9.59 Å². The molecule has 132 valence electrons. The largest absolute Gasteiger partial charge is 0.353 e. The Kier molecular flexibility index (Phi) is 7.08. The van der Waals surface area contributed by atoms with Gasteiger partial charge in [0.15, 0.2) is 0 Å². The predicted octanol–water partition coefficient (Wildman–Crippen LogP) is 4.63. The Hall–Kier alpha value is -1.79. The summed E-state index contributed by atoms with van der Waals surface area (Å²) < 4.78 is 0.835. The number of hydrogen-bond donors (Lipinski definition) is 2. The minimum atomic E-state index is -0.197. The van der Waals surface area contributed by atoms with E-state index in [1.165, 1.54) is 11.8 Å². The number of amides is 2. The lowest BCUT2D eigenvalue weighted by atomic mass is 10.2. The molecule has 0 aliphatic carbocycles. The van der Waals surface area contributed by atoms with Crippen molar-refractivity contribution in [3.05, 3.63) is 58.1 Å². The number of benzene rings is 2. The molecule has 0 unspecified atom stereocenters. The van der Waals surface area contributed by atoms with Crippen LogP contribution in [0.25, 0.3) is 0 Å². The van der Waals surface area contributed by atoms with Crippen molar-refractivity contribution in [2.45, 2.75) is 31.7 Å². The van der Waals surface area contributed by atoms with Gasteiger partial charge in [-0.1, -0.05) is 18.2 Å². The molecule has 0 radical (unpaired) electrons. The van der Waals surface area contributed by atoms with Crippen molar-refractivity contribution in [1.82, 2.24) is 5.32 Å². The number of rotatable bonds is 6. The van der Waals surface area contributed by atoms with E-state index in [9.17, 15) is 9.59 Å². The highest BCUT2D eigenvalue weighted by molar-refractivity contribution is 9.10. The zero-order chi connectivity index (χ0) is 18.4. The predicted molar refractivity (Wildman–Crippen MR) is 107 cm³/mol. The number of thioether (sulfide) groups is 1. The summed E-state index contributed by atoms with van der Waals surface area (Å²) in [4.78, 5) is 25.3. The van der Waals surface area contributed by atoms with E-state index in [2.05, 4.69) is 26.6 Å². The third-order valence-corrected chi connectivity index (χ3v) is 5.04. The Labute approximate surface area is 160 Å². The molecule has 2 rings (SSSR count). The van der Waals surface area contributed by atoms with Crippen LogP contribution in [0.1, 0.15) is 29.8 Å². The Bertz CT molecular complexity index is 778. The summed E-state index contributed by atoms with van der Waals surface area (Å²) in [6.07, 6.45) is 0. The van der Waals surface area contributed by atoms with Gasteiger partial charge in [-0.2, -0.15) is 0 Å². The molecule has 0 aliphatic rings. The molecule has 0 saturated heterocycles. The van der Waals surface area contributed by atoms with E-state index in [1.54, 1.807) is 6.07 Å². The Balaban J connectivity index is 2.10. The van der Waals surface area contributed by atoms with Crippen LogP contribution in [0.15, 0.2) is 51.8 Å². The van der Waals surface area contributed by atoms with Crippen molar-refractivity contribution in [3.8, 4) is 0 Å². The molecule has 0 atom stereocenters. The van der Waals surface area contributed by atoms with Gasteiger partial charge in [0.1, 0.15) is 0 Å². The Morgan fingerprint density at radius 3 is 2.56 bits per heavy atom. The Morgan fingerprint density at radius 1 is 1.16 bits per heavy atom. The minimum Gasteiger partial charge on any atom is -0.353 e. The molecule has 0 bridgehead atoms. The van der Waals surface area contributed by atoms with Gasteiger partial charge in [-0.05, 0) is 66.5 Å². The fourth-order valence-corrected chi connectivity index (χ4v) is 3.65. The molecule has 0 heterocycles. The van der Waals surface area contributed by atoms with Crippen LogP contribution in [0.2, 0.25) is 0 Å². The van der Waals surface area contributed by atoms with Crippen molar-refractivity contribution >= 4 is 45.2 Å². The monoisotopic (exact) mass is 420 g/mol. The van der Waals surface area contributed by atoms with E-state index in [0.29, 0.717) is 11.3 Å². The van der Waals surface area contributed by atoms with Crippen LogP contribution in [0.3, 0.4) is 0 Å². The second-order valence-corrected chi connectivity index (χ2v) is 7.82. The fourth-order valence-electron chi connectivity index (χ4n) is 2.20. The molecule has 2 aromatic rings. The molecule has 0 aromatic heterocycles. The molecule has 4 nitrogen and oxygen atoms in total. The van der Waals surface area contributed by atoms with Gasteiger partial charge < -0.3 is 10.6 Å². The summed E-state index contributed by atoms with van der Waals surface area (Å²) in [6.45, 7) is 5.83. The van der Waals surface area contributed by atoms with Crippen molar-refractivity contribution in [3.63, 3.8) is 0 Å². The van der Waals surface area contributed by atoms with Crippen molar-refractivity contribution in [2.24, 2.45) is 0 Å². The van der Waals surface area contributed by atoms with Gasteiger partial charge in [0.25, 0.3) is 5.91 Å². The molecule has 2 aromatic carbocycles. The fraction of sp³-hybridized carbons (Fsp3) is 0.263. The summed E-state index contributed by atoms with van der Waals surface area (Å²) in [5.74, 6) is 0.0323. The lowest BCUT2D eigenvalue weighted by Gasteiger charge is -2.12. The minimum absolute atomic E-state index is 0.0449. The number of hydrogen-bond acceptors (Lipinski definition) is 3. The third kappa shape index (κ3) is 5.90. The summed E-state index contributed by atoms with van der Waals surface area (Å²) >= 11 is 4.82. The zero-order valence-corrected chi connectivity index (χ0v) is 16.8. The summed E-state index contributed by atoms with van der Waals surface area (Å²) in [6, 6.07) is 13.2. The summed E-state index contributed by atoms with van der Waals surface area (Å²) in [7, 11) is 0. The molecule has 0 fully saturated rings. The average molecular weight is 421 g/mol. The smallest absolute Gasteiger partial charge is 0.256 e. The molecule has 6 heteroatoms. The highest BCUT2D eigenvalue weighted by atomic mass is 79.9. The van der Waals surface area contributed by atoms with Crippen molar-refractivity contribution in [2.75, 3.05) is 11.1 Å². The summed E-state index contributed by atoms with van der Waals surface area (Å²) in [5, 5.41) is 5.76. The number of carbonyl (C=O) groups is 2. The number of halogens is 1. The lowest BCUT2D eigenvalue weighted by Crippen LogP contribution is -2.31. The second kappa shape index (κ2) is 9.06. The standard InChI is InChI=1S/C19H21BrN2O2S/c1-12(2)21-18(23)11-25-17-7-5-4-6-14(17)19(24)22-16-9-8-13(3)10-15(16)20/h4-10,12H,11H2,1-3H3,(H,21,23)(H,22,24). The highest BCUT2D eigenvalue weighted by Gasteiger charge is 2.14. The van der Waals surface area contributed by atoms with Crippen LogP contribution in [0.5, 0.6) is 0 Å². The van der Waals surface area contributed by atoms with Crippen molar-refractivity contribution in [1.29, 1.82) is 0 Å². The number of carbonyl (C=O) groups excluding carboxylic acids is 2. The van der Waals surface area contributed by atoms with E-state index in [1.807, 2.05) is 57.2 Å². The van der Waals surface area contributed by atoms with Gasteiger partial charge in [0.2, 0.25) is 5.91 Å². The average Bonchev–Trinajstić information content (AvgIpc) is 2.55. The summed E-state index contributed by atoms with van der Waals surface area (Å²) in [5.41, 5.74) is 2.38. The van der Waals surface area contributed by atoms with Gasteiger partial charge >= 0.3 is 0 Å². The number of anilines is 1. The van der Waals surface area contributed by atoms with Crippen LogP contribution in [0, 0.1) is 6.92 Å². The molecule has 0 aliphatic heterocycles. The molecule has 0 spiro atoms. The van der Waals surface area contributed by atoms with Crippen LogP contribution in [-0.4, -0.2) is 23.6 Å². The van der Waals surface area contributed by atoms with Crippen LogP contribution in [0.4, 0.5) is 5.69 Å². The third-order valence-electron chi connectivity index (χ3n) is 3.31. The van der Waals surface area contributed by atoms with E-state index in [0.717, 1.165) is 14.9 Å². The maximum atomic E-state index is 12.6. The first kappa shape index (κ1) is 19.5. The van der Waals surface area contributed by atoms with E-state index < -0.39 is 0 Å². The first-order valence-electron chi connectivity index (χ1n) is 7.95. The maximum absolute atomic E-state index is 12.6. The topological polar surface area (TPSA) is 58.2 Å². The van der Waals surface area contributed by atoms with Crippen LogP contribution in [-0.2, 0) is 4.79 Å². The molecule has 0 saturated carbocycles. The van der Waals surface area contributed by atoms with E-state index in [4.69, 9.17) is 0 Å². The normalized spacial score (nSPS) is 10.6. The molecular weight excluding hydrogens is 400 g/mol. The van der Waals surface area contributed by atoms with Gasteiger partial charge in [0, 0.05) is 15.4 Å². The van der Waals surface area contributed by atoms with Gasteiger partial charge in [-0.15, -0.1) is 11.8 Å². The van der Waals surface area contributed by atoms with E-state index >= 15 is 0 Å². The van der Waals surface area contributed by atoms with Gasteiger partial charge in [0.05, 0.1) is 17.0 Å². The first-order chi connectivity index (χ1) is 11.9. The van der Waals surface area contributed by atoms with Crippen LogP contribution < -0.4 is 10.6 Å². The first-order valence-corrected chi connectivity index (χ1v) is 9.73.